The smallest absolute Gasteiger partial charge is 0.316 e. The van der Waals surface area contributed by atoms with E-state index in [0.29, 0.717) is 19.6 Å². The fourth-order valence-corrected chi connectivity index (χ4v) is 2.24. The highest BCUT2D eigenvalue weighted by Crippen LogP contribution is 2.16. The first-order chi connectivity index (χ1) is 9.65. The van der Waals surface area contributed by atoms with Crippen molar-refractivity contribution in [3.05, 3.63) is 0 Å². The van der Waals surface area contributed by atoms with Gasteiger partial charge in [0.15, 0.2) is 6.29 Å². The molecule has 1 heterocycles. The SMILES string of the molecule is CCOC(=O)C(CCCCOC1CCCCO1)C(C)=O. The Bertz CT molecular complexity index is 297. The monoisotopic (exact) mass is 286 g/mol. The molecule has 0 aromatic rings. The molecule has 1 aliphatic heterocycles. The van der Waals surface area contributed by atoms with Crippen LogP contribution in [0, 0.1) is 5.92 Å². The van der Waals surface area contributed by atoms with E-state index < -0.39 is 11.9 Å². The maximum atomic E-state index is 11.6. The van der Waals surface area contributed by atoms with Crippen LogP contribution in [0.25, 0.3) is 0 Å². The van der Waals surface area contributed by atoms with Gasteiger partial charge in [0.25, 0.3) is 0 Å². The molecular formula is C15H26O5. The Morgan fingerprint density at radius 3 is 2.70 bits per heavy atom. The van der Waals surface area contributed by atoms with E-state index in [4.69, 9.17) is 14.2 Å². The van der Waals surface area contributed by atoms with Crippen LogP contribution in [-0.4, -0.2) is 37.9 Å². The van der Waals surface area contributed by atoms with Crippen molar-refractivity contribution in [2.75, 3.05) is 19.8 Å². The highest BCUT2D eigenvalue weighted by Gasteiger charge is 2.24. The first-order valence-corrected chi connectivity index (χ1v) is 7.55. The maximum Gasteiger partial charge on any atom is 0.316 e. The van der Waals surface area contributed by atoms with Gasteiger partial charge in [-0.3, -0.25) is 9.59 Å². The molecule has 0 aromatic heterocycles. The summed E-state index contributed by atoms with van der Waals surface area (Å²) in [6, 6.07) is 0. The first-order valence-electron chi connectivity index (χ1n) is 7.55. The lowest BCUT2D eigenvalue weighted by Crippen LogP contribution is -2.25. The van der Waals surface area contributed by atoms with Crippen molar-refractivity contribution in [3.63, 3.8) is 0 Å². The van der Waals surface area contributed by atoms with E-state index in [1.165, 1.54) is 6.92 Å². The van der Waals surface area contributed by atoms with Crippen molar-refractivity contribution in [1.82, 2.24) is 0 Å². The number of Topliss-reactive ketones (excluding diaryl/α,β-unsaturated/α-hetero) is 1. The molecule has 0 spiro atoms. The second-order valence-electron chi connectivity index (χ2n) is 5.08. The number of rotatable bonds is 9. The average molecular weight is 286 g/mol. The molecule has 0 N–H and O–H groups in total. The van der Waals surface area contributed by atoms with E-state index in [9.17, 15) is 9.59 Å². The van der Waals surface area contributed by atoms with Crippen molar-refractivity contribution in [3.8, 4) is 0 Å². The molecule has 0 radical (unpaired) electrons. The Morgan fingerprint density at radius 1 is 1.30 bits per heavy atom. The lowest BCUT2D eigenvalue weighted by molar-refractivity contribution is -0.163. The molecule has 5 heteroatoms. The summed E-state index contributed by atoms with van der Waals surface area (Å²) in [6.45, 7) is 4.88. The molecule has 1 saturated heterocycles. The van der Waals surface area contributed by atoms with Crippen LogP contribution in [0.5, 0.6) is 0 Å². The fraction of sp³-hybridized carbons (Fsp3) is 0.867. The lowest BCUT2D eigenvalue weighted by Gasteiger charge is -2.22. The van der Waals surface area contributed by atoms with Crippen molar-refractivity contribution >= 4 is 11.8 Å². The molecule has 1 aliphatic rings. The Hall–Kier alpha value is -0.940. The van der Waals surface area contributed by atoms with Gasteiger partial charge in [0, 0.05) is 13.2 Å². The number of ether oxygens (including phenoxy) is 3. The largest absolute Gasteiger partial charge is 0.465 e. The minimum atomic E-state index is -0.624. The molecule has 116 valence electrons. The van der Waals surface area contributed by atoms with Crippen molar-refractivity contribution in [2.24, 2.45) is 5.92 Å². The van der Waals surface area contributed by atoms with Crippen LogP contribution in [-0.2, 0) is 23.8 Å². The zero-order valence-electron chi connectivity index (χ0n) is 12.6. The van der Waals surface area contributed by atoms with Crippen molar-refractivity contribution < 1.29 is 23.8 Å². The van der Waals surface area contributed by atoms with Crippen molar-refractivity contribution in [1.29, 1.82) is 0 Å². The number of hydrogen-bond donors (Lipinski definition) is 0. The van der Waals surface area contributed by atoms with Crippen molar-refractivity contribution in [2.45, 2.75) is 58.7 Å². The zero-order valence-corrected chi connectivity index (χ0v) is 12.6. The molecule has 2 atom stereocenters. The summed E-state index contributed by atoms with van der Waals surface area (Å²) in [4.78, 5) is 23.0. The van der Waals surface area contributed by atoms with E-state index in [-0.39, 0.29) is 12.1 Å². The summed E-state index contributed by atoms with van der Waals surface area (Å²) in [5.41, 5.74) is 0. The summed E-state index contributed by atoms with van der Waals surface area (Å²) in [5.74, 6) is -1.16. The number of ketones is 1. The normalized spacial score (nSPS) is 20.4. The topological polar surface area (TPSA) is 61.8 Å². The van der Waals surface area contributed by atoms with Crippen LogP contribution < -0.4 is 0 Å². The Kier molecular flexibility index (Phi) is 8.46. The summed E-state index contributed by atoms with van der Waals surface area (Å²) in [7, 11) is 0. The van der Waals surface area contributed by atoms with E-state index in [0.717, 1.165) is 38.7 Å². The highest BCUT2D eigenvalue weighted by molar-refractivity contribution is 5.97. The maximum absolute atomic E-state index is 11.6. The fourth-order valence-electron chi connectivity index (χ4n) is 2.24. The Morgan fingerprint density at radius 2 is 2.10 bits per heavy atom. The molecule has 1 fully saturated rings. The number of unbranched alkanes of at least 4 members (excludes halogenated alkanes) is 1. The Balaban J connectivity index is 2.13. The van der Waals surface area contributed by atoms with E-state index >= 15 is 0 Å². The molecule has 0 bridgehead atoms. The predicted molar refractivity (Wildman–Crippen MR) is 74.2 cm³/mol. The van der Waals surface area contributed by atoms with E-state index in [2.05, 4.69) is 0 Å². The summed E-state index contributed by atoms with van der Waals surface area (Å²) in [5, 5.41) is 0. The van der Waals surface area contributed by atoms with Gasteiger partial charge >= 0.3 is 5.97 Å². The lowest BCUT2D eigenvalue weighted by atomic mass is 9.98. The molecule has 0 aromatic carbocycles. The summed E-state index contributed by atoms with van der Waals surface area (Å²) in [6.07, 6.45) is 5.28. The van der Waals surface area contributed by atoms with Gasteiger partial charge in [-0.15, -0.1) is 0 Å². The molecule has 2 unspecified atom stereocenters. The minimum Gasteiger partial charge on any atom is -0.465 e. The van der Waals surface area contributed by atoms with Gasteiger partial charge < -0.3 is 14.2 Å². The number of carbonyl (C=O) groups is 2. The second kappa shape index (κ2) is 9.88. The van der Waals surface area contributed by atoms with Crippen LogP contribution in [0.1, 0.15) is 52.4 Å². The van der Waals surface area contributed by atoms with Gasteiger partial charge in [0.05, 0.1) is 6.61 Å². The highest BCUT2D eigenvalue weighted by atomic mass is 16.7. The summed E-state index contributed by atoms with van der Waals surface area (Å²) < 4.78 is 16.0. The first kappa shape index (κ1) is 17.1. The second-order valence-corrected chi connectivity index (χ2v) is 5.08. The van der Waals surface area contributed by atoms with Crippen LogP contribution in [0.15, 0.2) is 0 Å². The Labute approximate surface area is 121 Å². The van der Waals surface area contributed by atoms with E-state index in [1.54, 1.807) is 6.92 Å². The molecular weight excluding hydrogens is 260 g/mol. The van der Waals surface area contributed by atoms with Crippen LogP contribution in [0.2, 0.25) is 0 Å². The quantitative estimate of drug-likeness (QED) is 0.370. The van der Waals surface area contributed by atoms with Crippen LogP contribution in [0.4, 0.5) is 0 Å². The third-order valence-corrected chi connectivity index (χ3v) is 3.39. The van der Waals surface area contributed by atoms with Gasteiger partial charge in [0.2, 0.25) is 0 Å². The number of hydrogen-bond acceptors (Lipinski definition) is 5. The third-order valence-electron chi connectivity index (χ3n) is 3.39. The average Bonchev–Trinajstić information content (AvgIpc) is 2.43. The molecule has 0 aliphatic carbocycles. The van der Waals surface area contributed by atoms with Gasteiger partial charge in [-0.25, -0.2) is 0 Å². The third kappa shape index (κ3) is 6.48. The number of esters is 1. The van der Waals surface area contributed by atoms with Gasteiger partial charge in [-0.05, 0) is 52.4 Å². The van der Waals surface area contributed by atoms with Gasteiger partial charge in [-0.1, -0.05) is 0 Å². The molecule has 1 rings (SSSR count). The molecule has 5 nitrogen and oxygen atoms in total. The van der Waals surface area contributed by atoms with E-state index in [1.807, 2.05) is 0 Å². The molecule has 0 amide bonds. The van der Waals surface area contributed by atoms with Crippen LogP contribution in [0.3, 0.4) is 0 Å². The predicted octanol–water partition coefficient (Wildman–Crippen LogP) is 2.47. The molecule has 0 saturated carbocycles. The number of carbonyl (C=O) groups excluding carboxylic acids is 2. The van der Waals surface area contributed by atoms with Gasteiger partial charge in [-0.2, -0.15) is 0 Å². The summed E-state index contributed by atoms with van der Waals surface area (Å²) >= 11 is 0. The zero-order chi connectivity index (χ0) is 14.8. The molecule has 20 heavy (non-hydrogen) atoms. The van der Waals surface area contributed by atoms with Crippen LogP contribution >= 0.6 is 0 Å². The minimum absolute atomic E-state index is 0.0718. The standard InChI is InChI=1S/C15H26O5/c1-3-18-15(17)13(12(2)16)8-4-6-10-19-14-9-5-7-11-20-14/h13-14H,3-11H2,1-2H3. The van der Waals surface area contributed by atoms with Gasteiger partial charge in [0.1, 0.15) is 11.7 Å².